The van der Waals surface area contributed by atoms with Crippen LogP contribution < -0.4 is 0 Å². The molecule has 1 N–H and O–H groups in total. The minimum absolute atomic E-state index is 1.82. The fraction of sp³-hybridized carbons (Fsp3) is 1.00. The van der Waals surface area contributed by atoms with Gasteiger partial charge in [-0.1, -0.05) is 0 Å². The summed E-state index contributed by atoms with van der Waals surface area (Å²) in [4.78, 5) is 0. The van der Waals surface area contributed by atoms with Crippen LogP contribution in [0.2, 0.25) is 0 Å². The molecule has 0 spiro atoms. The summed E-state index contributed by atoms with van der Waals surface area (Å²) in [5.41, 5.74) is 0. The van der Waals surface area contributed by atoms with Crippen molar-refractivity contribution in [2.24, 2.45) is 0 Å². The Balaban J connectivity index is 5.59. The summed E-state index contributed by atoms with van der Waals surface area (Å²) in [6, 6.07) is 0. The van der Waals surface area contributed by atoms with E-state index in [1.807, 2.05) is 0 Å². The monoisotopic (exact) mass is 392 g/mol. The fourth-order valence-corrected chi connectivity index (χ4v) is 1.69. The van der Waals surface area contributed by atoms with Crippen LogP contribution in [0.25, 0.3) is 0 Å². The van der Waals surface area contributed by atoms with Crippen molar-refractivity contribution in [3.05, 3.63) is 0 Å². The van der Waals surface area contributed by atoms with Crippen molar-refractivity contribution in [3.8, 4) is 0 Å². The normalized spacial score (nSPS) is 15.8. The van der Waals surface area contributed by atoms with Gasteiger partial charge in [0.2, 0.25) is 0 Å². The van der Waals surface area contributed by atoms with Crippen LogP contribution in [0.4, 0.5) is 48.3 Å². The van der Waals surface area contributed by atoms with Crippen LogP contribution in [-0.2, 0) is 10.1 Å². The van der Waals surface area contributed by atoms with Crippen LogP contribution in [0.3, 0.4) is 0 Å². The highest BCUT2D eigenvalue weighted by atomic mass is 32.2. The van der Waals surface area contributed by atoms with Crippen molar-refractivity contribution < 1.29 is 61.3 Å². The molecule has 3 nitrogen and oxygen atoms in total. The summed E-state index contributed by atoms with van der Waals surface area (Å²) in [5.74, 6) is -20.5. The molecule has 15 heteroatoms. The van der Waals surface area contributed by atoms with Crippen LogP contribution >= 0.6 is 0 Å². The zero-order chi connectivity index (χ0) is 19.1. The summed E-state index contributed by atoms with van der Waals surface area (Å²) in [5, 5.41) is -7.00. The average molecular weight is 392 g/mol. The van der Waals surface area contributed by atoms with Crippen LogP contribution in [0.15, 0.2) is 0 Å². The largest absolute Gasteiger partial charge is 0.438 e. The summed E-state index contributed by atoms with van der Waals surface area (Å²) >= 11 is 0. The molecule has 0 aliphatic heterocycles. The van der Waals surface area contributed by atoms with E-state index in [-0.39, 0.29) is 0 Å². The number of hydrogen-bond donors (Lipinski definition) is 1. The molecule has 0 fully saturated rings. The van der Waals surface area contributed by atoms with Gasteiger partial charge >= 0.3 is 39.3 Å². The first-order chi connectivity index (χ1) is 9.71. The molecule has 23 heavy (non-hydrogen) atoms. The van der Waals surface area contributed by atoms with E-state index >= 15 is 0 Å². The van der Waals surface area contributed by atoms with Crippen molar-refractivity contribution in [1.29, 1.82) is 0 Å². The van der Waals surface area contributed by atoms with Crippen molar-refractivity contribution in [2.75, 3.05) is 0 Å². The van der Waals surface area contributed by atoms with Crippen molar-refractivity contribution in [1.82, 2.24) is 0 Å². The molecule has 0 heterocycles. The van der Waals surface area contributed by atoms with Gasteiger partial charge in [-0.25, -0.2) is 0 Å². The Morgan fingerprint density at radius 1 is 0.696 bits per heavy atom. The van der Waals surface area contributed by atoms with Crippen LogP contribution in [0.1, 0.15) is 19.3 Å². The quantitative estimate of drug-likeness (QED) is 0.524. The minimum Gasteiger partial charge on any atom is -0.281 e. The van der Waals surface area contributed by atoms with E-state index in [2.05, 4.69) is 0 Å². The molecule has 0 aromatic heterocycles. The molecule has 0 aliphatic rings. The maximum atomic E-state index is 13.0. The lowest BCUT2D eigenvalue weighted by Crippen LogP contribution is -2.64. The first-order valence-corrected chi connectivity index (χ1v) is 6.70. The van der Waals surface area contributed by atoms with E-state index in [9.17, 15) is 56.7 Å². The smallest absolute Gasteiger partial charge is 0.281 e. The molecule has 0 saturated carbocycles. The highest BCUT2D eigenvalue weighted by Gasteiger charge is 2.84. The van der Waals surface area contributed by atoms with Gasteiger partial charge in [0.05, 0.1) is 0 Å². The SMILES string of the molecule is O=S(=O)(O)C(F)(F)C(F)(F)C(F)(F)C(F)(F)CCCC(F)(F)F. The predicted octanol–water partition coefficient (Wildman–Crippen LogP) is 4.11. The Morgan fingerprint density at radius 3 is 1.39 bits per heavy atom. The summed E-state index contributed by atoms with van der Waals surface area (Å²) < 4.78 is 166. The minimum atomic E-state index is -7.30. The summed E-state index contributed by atoms with van der Waals surface area (Å²) in [6.07, 6.45) is -11.6. The fourth-order valence-electron chi connectivity index (χ4n) is 1.24. The van der Waals surface area contributed by atoms with Crippen molar-refractivity contribution >= 4 is 10.1 Å². The number of rotatable bonds is 7. The van der Waals surface area contributed by atoms with E-state index in [1.54, 1.807) is 0 Å². The maximum absolute atomic E-state index is 13.0. The molecule has 0 amide bonds. The standard InChI is InChI=1S/C8H7F11O3S/c9-4(10,2-1-3-5(11,12)13)6(14,15)7(16,17)8(18,19)23(20,21)22/h1-3H2,(H,20,21,22). The molecule has 0 unspecified atom stereocenters. The molecule has 0 radical (unpaired) electrons. The molecule has 0 aromatic rings. The van der Waals surface area contributed by atoms with Gasteiger partial charge in [-0.2, -0.15) is 56.7 Å². The number of halogens is 11. The second-order valence-electron chi connectivity index (χ2n) is 4.31. The lowest BCUT2D eigenvalue weighted by Gasteiger charge is -2.35. The Bertz CT molecular complexity index is 522. The molecule has 140 valence electrons. The first kappa shape index (κ1) is 22.1. The number of hydrogen-bond acceptors (Lipinski definition) is 2. The second-order valence-corrected chi connectivity index (χ2v) is 5.78. The lowest BCUT2D eigenvalue weighted by atomic mass is 9.99. The molecule has 0 saturated heterocycles. The molecule has 0 atom stereocenters. The van der Waals surface area contributed by atoms with E-state index < -0.39 is 58.6 Å². The zero-order valence-corrected chi connectivity index (χ0v) is 11.3. The van der Waals surface area contributed by atoms with Gasteiger partial charge in [-0.05, 0) is 6.42 Å². The first-order valence-electron chi connectivity index (χ1n) is 5.26. The van der Waals surface area contributed by atoms with Gasteiger partial charge in [-0.15, -0.1) is 0 Å². The third kappa shape index (κ3) is 4.16. The van der Waals surface area contributed by atoms with Gasteiger partial charge in [0.1, 0.15) is 0 Å². The molecule has 0 aliphatic carbocycles. The Labute approximate surface area is 121 Å². The van der Waals surface area contributed by atoms with Crippen LogP contribution in [0.5, 0.6) is 0 Å². The lowest BCUT2D eigenvalue weighted by molar-refractivity contribution is -0.350. The Morgan fingerprint density at radius 2 is 1.09 bits per heavy atom. The number of alkyl halides is 11. The summed E-state index contributed by atoms with van der Waals surface area (Å²) in [6.45, 7) is 0. The van der Waals surface area contributed by atoms with Gasteiger partial charge < -0.3 is 0 Å². The predicted molar refractivity (Wildman–Crippen MR) is 51.2 cm³/mol. The van der Waals surface area contributed by atoms with E-state index in [0.29, 0.717) is 0 Å². The van der Waals surface area contributed by atoms with Crippen LogP contribution in [0, 0.1) is 0 Å². The molecule has 0 rings (SSSR count). The second kappa shape index (κ2) is 5.89. The third-order valence-corrected chi connectivity index (χ3v) is 3.40. The van der Waals surface area contributed by atoms with E-state index in [0.717, 1.165) is 0 Å². The van der Waals surface area contributed by atoms with Gasteiger partial charge in [0.25, 0.3) is 0 Å². The van der Waals surface area contributed by atoms with Crippen molar-refractivity contribution in [2.45, 2.75) is 48.5 Å². The molecular weight excluding hydrogens is 385 g/mol. The average Bonchev–Trinajstić information content (AvgIpc) is 2.24. The van der Waals surface area contributed by atoms with Gasteiger partial charge in [0.15, 0.2) is 0 Å². The van der Waals surface area contributed by atoms with Gasteiger partial charge in [0, 0.05) is 12.8 Å². The van der Waals surface area contributed by atoms with Crippen molar-refractivity contribution in [3.63, 3.8) is 0 Å². The third-order valence-electron chi connectivity index (χ3n) is 2.49. The maximum Gasteiger partial charge on any atom is 0.438 e. The topological polar surface area (TPSA) is 54.4 Å². The molecular formula is C8H7F11O3S. The summed E-state index contributed by atoms with van der Waals surface area (Å²) in [7, 11) is -7.22. The van der Waals surface area contributed by atoms with E-state index in [4.69, 9.17) is 4.55 Å². The Kier molecular flexibility index (Phi) is 5.67. The van der Waals surface area contributed by atoms with E-state index in [1.165, 1.54) is 0 Å². The zero-order valence-electron chi connectivity index (χ0n) is 10.5. The molecule has 0 bridgehead atoms. The molecule has 0 aromatic carbocycles. The van der Waals surface area contributed by atoms with Crippen LogP contribution in [-0.4, -0.2) is 42.2 Å². The Hall–Kier alpha value is -0.860. The highest BCUT2D eigenvalue weighted by molar-refractivity contribution is 7.87. The van der Waals surface area contributed by atoms with Gasteiger partial charge in [-0.3, -0.25) is 4.55 Å². The highest BCUT2D eigenvalue weighted by Crippen LogP contribution is 2.55.